The fourth-order valence-corrected chi connectivity index (χ4v) is 2.33. The SMILES string of the molecule is CCCCCCNC(=NC)NCCc1nnc2ccccn12. The molecule has 0 aromatic carbocycles. The van der Waals surface area contributed by atoms with Crippen LogP contribution in [0, 0.1) is 0 Å². The summed E-state index contributed by atoms with van der Waals surface area (Å²) in [5.41, 5.74) is 0.885. The molecule has 120 valence electrons. The summed E-state index contributed by atoms with van der Waals surface area (Å²) in [5.74, 6) is 1.81. The molecule has 0 amide bonds. The van der Waals surface area contributed by atoms with E-state index in [1.54, 1.807) is 7.05 Å². The van der Waals surface area contributed by atoms with E-state index in [1.807, 2.05) is 28.8 Å². The molecule has 0 saturated carbocycles. The van der Waals surface area contributed by atoms with E-state index < -0.39 is 0 Å². The second-order valence-electron chi connectivity index (χ2n) is 5.28. The number of rotatable bonds is 8. The van der Waals surface area contributed by atoms with Crippen LogP contribution in [0.25, 0.3) is 5.65 Å². The third kappa shape index (κ3) is 4.72. The van der Waals surface area contributed by atoms with Crippen LogP contribution in [0.5, 0.6) is 0 Å². The van der Waals surface area contributed by atoms with Crippen molar-refractivity contribution in [1.82, 2.24) is 25.2 Å². The first kappa shape index (κ1) is 16.3. The van der Waals surface area contributed by atoms with Crippen molar-refractivity contribution < 1.29 is 0 Å². The van der Waals surface area contributed by atoms with Crippen LogP contribution >= 0.6 is 0 Å². The molecule has 2 N–H and O–H groups in total. The number of aliphatic imine (C=N–C) groups is 1. The molecule has 6 nitrogen and oxygen atoms in total. The molecule has 0 aliphatic heterocycles. The summed E-state index contributed by atoms with van der Waals surface area (Å²) in [7, 11) is 1.80. The van der Waals surface area contributed by atoms with Crippen molar-refractivity contribution in [3.05, 3.63) is 30.2 Å². The van der Waals surface area contributed by atoms with E-state index >= 15 is 0 Å². The highest BCUT2D eigenvalue weighted by Gasteiger charge is 2.04. The molecule has 0 radical (unpaired) electrons. The molecule has 2 heterocycles. The summed E-state index contributed by atoms with van der Waals surface area (Å²) >= 11 is 0. The van der Waals surface area contributed by atoms with Crippen molar-refractivity contribution in [2.24, 2.45) is 4.99 Å². The molecule has 0 unspecified atom stereocenters. The third-order valence-electron chi connectivity index (χ3n) is 3.57. The van der Waals surface area contributed by atoms with Gasteiger partial charge in [0.15, 0.2) is 11.6 Å². The number of hydrogen-bond acceptors (Lipinski definition) is 3. The minimum Gasteiger partial charge on any atom is -0.356 e. The first-order valence-corrected chi connectivity index (χ1v) is 8.08. The molecule has 0 aliphatic carbocycles. The lowest BCUT2D eigenvalue weighted by Gasteiger charge is -2.11. The topological polar surface area (TPSA) is 66.6 Å². The van der Waals surface area contributed by atoms with E-state index in [2.05, 4.69) is 32.7 Å². The standard InChI is InChI=1S/C16H26N6/c1-3-4-5-7-11-18-16(17-2)19-12-10-15-21-20-14-9-6-8-13-22(14)15/h6,8-9,13H,3-5,7,10-12H2,1-2H3,(H2,17,18,19). The highest BCUT2D eigenvalue weighted by atomic mass is 15.2. The molecule has 0 saturated heterocycles. The summed E-state index contributed by atoms with van der Waals surface area (Å²) in [6, 6.07) is 5.92. The van der Waals surface area contributed by atoms with Crippen LogP contribution in [0.4, 0.5) is 0 Å². The van der Waals surface area contributed by atoms with Gasteiger partial charge in [-0.2, -0.15) is 0 Å². The zero-order valence-corrected chi connectivity index (χ0v) is 13.5. The quantitative estimate of drug-likeness (QED) is 0.445. The summed E-state index contributed by atoms with van der Waals surface area (Å²) < 4.78 is 2.02. The molecule has 2 rings (SSSR count). The Balaban J connectivity index is 1.72. The molecule has 2 aromatic heterocycles. The predicted molar refractivity (Wildman–Crippen MR) is 90.2 cm³/mol. The van der Waals surface area contributed by atoms with Gasteiger partial charge in [0.2, 0.25) is 0 Å². The zero-order valence-electron chi connectivity index (χ0n) is 13.5. The van der Waals surface area contributed by atoms with Gasteiger partial charge < -0.3 is 10.6 Å². The number of hydrogen-bond donors (Lipinski definition) is 2. The Hall–Kier alpha value is -2.11. The number of guanidine groups is 1. The number of unbranched alkanes of at least 4 members (excludes halogenated alkanes) is 3. The lowest BCUT2D eigenvalue weighted by atomic mass is 10.2. The van der Waals surface area contributed by atoms with Crippen molar-refractivity contribution in [3.63, 3.8) is 0 Å². The number of pyridine rings is 1. The van der Waals surface area contributed by atoms with Gasteiger partial charge in [0.05, 0.1) is 0 Å². The molecular formula is C16H26N6. The molecule has 0 fully saturated rings. The summed E-state index contributed by atoms with van der Waals surface area (Å²) in [4.78, 5) is 4.24. The first-order chi connectivity index (χ1) is 10.8. The van der Waals surface area contributed by atoms with E-state index in [0.717, 1.165) is 36.9 Å². The largest absolute Gasteiger partial charge is 0.356 e. The minimum atomic E-state index is 0.782. The van der Waals surface area contributed by atoms with Crippen molar-refractivity contribution >= 4 is 11.6 Å². The van der Waals surface area contributed by atoms with Crippen LogP contribution in [-0.2, 0) is 6.42 Å². The maximum Gasteiger partial charge on any atom is 0.190 e. The molecule has 2 aromatic rings. The van der Waals surface area contributed by atoms with Gasteiger partial charge in [-0.3, -0.25) is 9.39 Å². The molecule has 0 aliphatic rings. The number of aromatic nitrogens is 3. The van der Waals surface area contributed by atoms with Gasteiger partial charge in [-0.05, 0) is 18.6 Å². The van der Waals surface area contributed by atoms with Gasteiger partial charge >= 0.3 is 0 Å². The number of nitrogens with zero attached hydrogens (tertiary/aromatic N) is 4. The van der Waals surface area contributed by atoms with Gasteiger partial charge in [0.25, 0.3) is 0 Å². The van der Waals surface area contributed by atoms with Gasteiger partial charge in [-0.25, -0.2) is 0 Å². The van der Waals surface area contributed by atoms with Crippen molar-refractivity contribution in [1.29, 1.82) is 0 Å². The van der Waals surface area contributed by atoms with Crippen molar-refractivity contribution in [3.8, 4) is 0 Å². The Labute approximate surface area is 132 Å². The average molecular weight is 302 g/mol. The first-order valence-electron chi connectivity index (χ1n) is 8.08. The maximum atomic E-state index is 4.24. The molecule has 0 atom stereocenters. The maximum absolute atomic E-state index is 4.24. The average Bonchev–Trinajstić information content (AvgIpc) is 2.96. The summed E-state index contributed by atoms with van der Waals surface area (Å²) in [6.45, 7) is 3.97. The minimum absolute atomic E-state index is 0.782. The van der Waals surface area contributed by atoms with Crippen LogP contribution in [0.15, 0.2) is 29.4 Å². The normalized spacial score (nSPS) is 11.8. The van der Waals surface area contributed by atoms with Gasteiger partial charge in [-0.1, -0.05) is 32.3 Å². The monoisotopic (exact) mass is 302 g/mol. The molecule has 0 bridgehead atoms. The lowest BCUT2D eigenvalue weighted by molar-refractivity contribution is 0.646. The van der Waals surface area contributed by atoms with Crippen LogP contribution in [0.3, 0.4) is 0 Å². The zero-order chi connectivity index (χ0) is 15.6. The van der Waals surface area contributed by atoms with Crippen LogP contribution < -0.4 is 10.6 Å². The summed E-state index contributed by atoms with van der Waals surface area (Å²) in [6.07, 6.45) is 7.82. The van der Waals surface area contributed by atoms with Gasteiger partial charge in [0, 0.05) is 32.8 Å². The van der Waals surface area contributed by atoms with Crippen molar-refractivity contribution in [2.75, 3.05) is 20.1 Å². The van der Waals surface area contributed by atoms with Crippen LogP contribution in [0.2, 0.25) is 0 Å². The van der Waals surface area contributed by atoms with E-state index in [0.29, 0.717) is 0 Å². The van der Waals surface area contributed by atoms with E-state index in [9.17, 15) is 0 Å². The Morgan fingerprint density at radius 1 is 1.14 bits per heavy atom. The highest BCUT2D eigenvalue weighted by Crippen LogP contribution is 2.02. The number of fused-ring (bicyclic) bond motifs is 1. The van der Waals surface area contributed by atoms with Gasteiger partial charge in [0.1, 0.15) is 5.82 Å². The Kier molecular flexibility index (Phi) is 6.67. The highest BCUT2D eigenvalue weighted by molar-refractivity contribution is 5.79. The Morgan fingerprint density at radius 3 is 2.82 bits per heavy atom. The van der Waals surface area contributed by atoms with Crippen LogP contribution in [0.1, 0.15) is 38.4 Å². The smallest absolute Gasteiger partial charge is 0.190 e. The van der Waals surface area contributed by atoms with E-state index in [-0.39, 0.29) is 0 Å². The second kappa shape index (κ2) is 9.02. The van der Waals surface area contributed by atoms with Crippen LogP contribution in [-0.4, -0.2) is 40.7 Å². The lowest BCUT2D eigenvalue weighted by Crippen LogP contribution is -2.38. The second-order valence-corrected chi connectivity index (χ2v) is 5.28. The Morgan fingerprint density at radius 2 is 2.00 bits per heavy atom. The molecule has 22 heavy (non-hydrogen) atoms. The van der Waals surface area contributed by atoms with E-state index in [4.69, 9.17) is 0 Å². The van der Waals surface area contributed by atoms with Crippen molar-refractivity contribution in [2.45, 2.75) is 39.0 Å². The fraction of sp³-hybridized carbons (Fsp3) is 0.562. The number of nitrogens with one attached hydrogen (secondary N) is 2. The third-order valence-corrected chi connectivity index (χ3v) is 3.57. The molecule has 6 heteroatoms. The van der Waals surface area contributed by atoms with E-state index in [1.165, 1.54) is 25.7 Å². The predicted octanol–water partition coefficient (Wildman–Crippen LogP) is 2.02. The molecular weight excluding hydrogens is 276 g/mol. The molecule has 0 spiro atoms. The fourth-order valence-electron chi connectivity index (χ4n) is 2.33. The van der Waals surface area contributed by atoms with Gasteiger partial charge in [-0.15, -0.1) is 10.2 Å². The Bertz CT molecular complexity index is 589. The summed E-state index contributed by atoms with van der Waals surface area (Å²) in [5, 5.41) is 15.0.